The van der Waals surface area contributed by atoms with E-state index in [4.69, 9.17) is 4.74 Å². The summed E-state index contributed by atoms with van der Waals surface area (Å²) in [6.07, 6.45) is 7.35. The number of ether oxygens (including phenoxy) is 1. The second-order valence-corrected chi connectivity index (χ2v) is 8.34. The van der Waals surface area contributed by atoms with Crippen LogP contribution in [-0.4, -0.2) is 53.4 Å². The first-order chi connectivity index (χ1) is 15.2. The lowest BCUT2D eigenvalue weighted by atomic mass is 10.2. The first-order valence-electron chi connectivity index (χ1n) is 10.3. The zero-order valence-electron chi connectivity index (χ0n) is 17.1. The summed E-state index contributed by atoms with van der Waals surface area (Å²) in [5.41, 5.74) is 0.610. The minimum atomic E-state index is -0.488. The summed E-state index contributed by atoms with van der Waals surface area (Å²) >= 11 is 1.79. The van der Waals surface area contributed by atoms with Crippen molar-refractivity contribution >= 4 is 23.3 Å². The van der Waals surface area contributed by atoms with Crippen molar-refractivity contribution in [3.63, 3.8) is 0 Å². The van der Waals surface area contributed by atoms with E-state index in [1.54, 1.807) is 47.9 Å². The van der Waals surface area contributed by atoms with Gasteiger partial charge in [0, 0.05) is 49.9 Å². The zero-order chi connectivity index (χ0) is 21.5. The Morgan fingerprint density at radius 2 is 2.03 bits per heavy atom. The number of pyridine rings is 1. The summed E-state index contributed by atoms with van der Waals surface area (Å²) in [6.45, 7) is 4.19. The van der Waals surface area contributed by atoms with Gasteiger partial charge in [-0.3, -0.25) is 14.7 Å². The van der Waals surface area contributed by atoms with Gasteiger partial charge in [-0.25, -0.2) is 4.39 Å². The van der Waals surface area contributed by atoms with Crippen LogP contribution in [0.3, 0.4) is 0 Å². The van der Waals surface area contributed by atoms with Gasteiger partial charge >= 0.3 is 0 Å². The number of halogens is 1. The topological polar surface area (TPSA) is 45.7 Å². The van der Waals surface area contributed by atoms with Gasteiger partial charge in [-0.15, -0.1) is 11.3 Å². The molecule has 0 unspecified atom stereocenters. The Hall–Kier alpha value is -3.03. The van der Waals surface area contributed by atoms with Crippen LogP contribution in [-0.2, 0) is 11.2 Å². The molecule has 3 heterocycles. The Morgan fingerprint density at radius 3 is 2.74 bits per heavy atom. The van der Waals surface area contributed by atoms with Gasteiger partial charge in [0.05, 0.1) is 6.20 Å². The standard InChI is InChI=1S/C24H24FN3O2S/c25-22-17-19(5-7-23(22)30-20-3-1-10-26-18-20)6-8-24(29)28-14-12-27(13-15-28)11-9-21-4-2-16-31-21/h1-8,10,16-18H,9,11-15H2/b8-6+. The van der Waals surface area contributed by atoms with Crippen LogP contribution in [0.25, 0.3) is 6.08 Å². The second kappa shape index (κ2) is 10.3. The number of carbonyl (C=O) groups is 1. The molecule has 3 aromatic rings. The lowest BCUT2D eigenvalue weighted by Crippen LogP contribution is -2.48. The maximum Gasteiger partial charge on any atom is 0.246 e. The van der Waals surface area contributed by atoms with E-state index in [-0.39, 0.29) is 11.7 Å². The van der Waals surface area contributed by atoms with Crippen molar-refractivity contribution in [3.05, 3.63) is 82.6 Å². The SMILES string of the molecule is O=C(/C=C/c1ccc(Oc2cccnc2)c(F)c1)N1CCN(CCc2cccs2)CC1. The maximum absolute atomic E-state index is 14.4. The fourth-order valence-corrected chi connectivity index (χ4v) is 4.12. The van der Waals surface area contributed by atoms with E-state index in [2.05, 4.69) is 27.4 Å². The Labute approximate surface area is 185 Å². The number of amides is 1. The summed E-state index contributed by atoms with van der Waals surface area (Å²) in [5.74, 6) is 0.0522. The predicted octanol–water partition coefficient (Wildman–Crippen LogP) is 4.47. The summed E-state index contributed by atoms with van der Waals surface area (Å²) in [7, 11) is 0. The van der Waals surface area contributed by atoms with Gasteiger partial charge < -0.3 is 9.64 Å². The number of rotatable bonds is 7. The summed E-state index contributed by atoms with van der Waals surface area (Å²) < 4.78 is 19.9. The molecule has 0 saturated carbocycles. The minimum Gasteiger partial charge on any atom is -0.453 e. The smallest absolute Gasteiger partial charge is 0.246 e. The highest BCUT2D eigenvalue weighted by Crippen LogP contribution is 2.25. The van der Waals surface area contributed by atoms with Crippen LogP contribution >= 0.6 is 11.3 Å². The Morgan fingerprint density at radius 1 is 1.16 bits per heavy atom. The van der Waals surface area contributed by atoms with Gasteiger partial charge in [-0.1, -0.05) is 12.1 Å². The summed E-state index contributed by atoms with van der Waals surface area (Å²) in [6, 6.07) is 12.3. The Bertz CT molecular complexity index is 1020. The second-order valence-electron chi connectivity index (χ2n) is 7.31. The van der Waals surface area contributed by atoms with Crippen LogP contribution in [0.1, 0.15) is 10.4 Å². The number of benzene rings is 1. The Kier molecular flexibility index (Phi) is 7.07. The summed E-state index contributed by atoms with van der Waals surface area (Å²) in [5, 5.41) is 2.10. The van der Waals surface area contributed by atoms with E-state index in [1.807, 2.05) is 4.90 Å². The molecule has 4 rings (SSSR count). The molecule has 0 N–H and O–H groups in total. The van der Waals surface area contributed by atoms with Crippen molar-refractivity contribution in [2.75, 3.05) is 32.7 Å². The van der Waals surface area contributed by atoms with Crippen LogP contribution < -0.4 is 4.74 Å². The fraction of sp³-hybridized carbons (Fsp3) is 0.250. The third kappa shape index (κ3) is 5.99. The first-order valence-corrected chi connectivity index (χ1v) is 11.1. The highest BCUT2D eigenvalue weighted by Gasteiger charge is 2.19. The van der Waals surface area contributed by atoms with Crippen molar-refractivity contribution < 1.29 is 13.9 Å². The molecule has 1 saturated heterocycles. The van der Waals surface area contributed by atoms with Crippen molar-refractivity contribution in [2.24, 2.45) is 0 Å². The molecule has 0 radical (unpaired) electrons. The average molecular weight is 438 g/mol. The molecule has 5 nitrogen and oxygen atoms in total. The van der Waals surface area contributed by atoms with Gasteiger partial charge in [0.1, 0.15) is 5.75 Å². The third-order valence-electron chi connectivity index (χ3n) is 5.18. The van der Waals surface area contributed by atoms with Crippen LogP contribution in [0.4, 0.5) is 4.39 Å². The van der Waals surface area contributed by atoms with Crippen molar-refractivity contribution in [1.82, 2.24) is 14.8 Å². The molecule has 2 aromatic heterocycles. The number of nitrogens with zero attached hydrogens (tertiary/aromatic N) is 3. The number of carbonyl (C=O) groups excluding carboxylic acids is 1. The molecule has 1 amide bonds. The number of hydrogen-bond acceptors (Lipinski definition) is 5. The largest absolute Gasteiger partial charge is 0.453 e. The lowest BCUT2D eigenvalue weighted by molar-refractivity contribution is -0.127. The van der Waals surface area contributed by atoms with Gasteiger partial charge in [0.25, 0.3) is 0 Å². The molecular weight excluding hydrogens is 413 g/mol. The summed E-state index contributed by atoms with van der Waals surface area (Å²) in [4.78, 5) is 22.1. The number of hydrogen-bond donors (Lipinski definition) is 0. The van der Waals surface area contributed by atoms with Crippen molar-refractivity contribution in [3.8, 4) is 11.5 Å². The number of aromatic nitrogens is 1. The molecule has 1 fully saturated rings. The highest BCUT2D eigenvalue weighted by molar-refractivity contribution is 7.09. The molecule has 1 aromatic carbocycles. The van der Waals surface area contributed by atoms with Crippen LogP contribution in [0.2, 0.25) is 0 Å². The maximum atomic E-state index is 14.4. The van der Waals surface area contributed by atoms with Gasteiger partial charge in [-0.05, 0) is 53.8 Å². The Balaban J connectivity index is 1.26. The molecule has 0 bridgehead atoms. The lowest BCUT2D eigenvalue weighted by Gasteiger charge is -2.34. The van der Waals surface area contributed by atoms with Crippen LogP contribution in [0, 0.1) is 5.82 Å². The fourth-order valence-electron chi connectivity index (χ4n) is 3.43. The van der Waals surface area contributed by atoms with Gasteiger partial charge in [0.15, 0.2) is 11.6 Å². The van der Waals surface area contributed by atoms with E-state index < -0.39 is 5.82 Å². The van der Waals surface area contributed by atoms with E-state index in [0.29, 0.717) is 24.4 Å². The predicted molar refractivity (Wildman–Crippen MR) is 121 cm³/mol. The molecule has 7 heteroatoms. The van der Waals surface area contributed by atoms with E-state index >= 15 is 0 Å². The van der Waals surface area contributed by atoms with E-state index in [0.717, 1.165) is 26.1 Å². The molecule has 1 aliphatic rings. The molecule has 0 aliphatic carbocycles. The zero-order valence-corrected chi connectivity index (χ0v) is 17.9. The van der Waals surface area contributed by atoms with Crippen molar-refractivity contribution in [1.29, 1.82) is 0 Å². The first kappa shape index (κ1) is 21.2. The monoisotopic (exact) mass is 437 g/mol. The van der Waals surface area contributed by atoms with Gasteiger partial charge in [-0.2, -0.15) is 0 Å². The highest BCUT2D eigenvalue weighted by atomic mass is 32.1. The average Bonchev–Trinajstić information content (AvgIpc) is 3.32. The normalized spacial score (nSPS) is 14.8. The molecule has 160 valence electrons. The molecule has 1 aliphatic heterocycles. The number of piperazine rings is 1. The third-order valence-corrected chi connectivity index (χ3v) is 6.11. The van der Waals surface area contributed by atoms with E-state index in [9.17, 15) is 9.18 Å². The van der Waals surface area contributed by atoms with Crippen LogP contribution in [0.15, 0.2) is 66.3 Å². The quantitative estimate of drug-likeness (QED) is 0.512. The van der Waals surface area contributed by atoms with Crippen molar-refractivity contribution in [2.45, 2.75) is 6.42 Å². The molecule has 0 atom stereocenters. The molecular formula is C24H24FN3O2S. The minimum absolute atomic E-state index is 0.0472. The molecule has 31 heavy (non-hydrogen) atoms. The van der Waals surface area contributed by atoms with E-state index in [1.165, 1.54) is 23.2 Å². The molecule has 0 spiro atoms. The number of thiophene rings is 1. The van der Waals surface area contributed by atoms with Gasteiger partial charge in [0.2, 0.25) is 5.91 Å². The van der Waals surface area contributed by atoms with Crippen LogP contribution in [0.5, 0.6) is 11.5 Å².